The number of rotatable bonds is 8. The maximum Gasteiger partial charge on any atom is 0.255 e. The quantitative estimate of drug-likeness (QED) is 0.282. The first-order valence-electron chi connectivity index (χ1n) is 11.4. The summed E-state index contributed by atoms with van der Waals surface area (Å²) in [5.74, 6) is -0.717. The van der Waals surface area contributed by atoms with Crippen LogP contribution in [0.15, 0.2) is 60.8 Å². The van der Waals surface area contributed by atoms with Crippen LogP contribution in [-0.4, -0.2) is 36.4 Å². The van der Waals surface area contributed by atoms with E-state index in [0.29, 0.717) is 34.1 Å². The van der Waals surface area contributed by atoms with Gasteiger partial charge in [0.1, 0.15) is 23.4 Å². The monoisotopic (exact) mass is 511 g/mol. The number of hydrogen-bond acceptors (Lipinski definition) is 6. The van der Waals surface area contributed by atoms with Crippen molar-refractivity contribution in [2.45, 2.75) is 31.4 Å². The zero-order chi connectivity index (χ0) is 25.3. The SMILES string of the molecule is COc1ccc(CNc2cnnc3cc(-c4cc(Cl)ccc4OC4CC(F)(F)C4)ccc23)c(OC)c1. The molecule has 1 saturated carbocycles. The fourth-order valence-corrected chi connectivity index (χ4v) is 4.43. The lowest BCUT2D eigenvalue weighted by Gasteiger charge is -2.35. The van der Waals surface area contributed by atoms with Crippen molar-refractivity contribution in [1.29, 1.82) is 0 Å². The van der Waals surface area contributed by atoms with Crippen LogP contribution in [0.4, 0.5) is 14.5 Å². The van der Waals surface area contributed by atoms with Gasteiger partial charge in [-0.05, 0) is 48.0 Å². The van der Waals surface area contributed by atoms with Gasteiger partial charge in [0.25, 0.3) is 5.92 Å². The van der Waals surface area contributed by atoms with E-state index >= 15 is 0 Å². The molecule has 6 nitrogen and oxygen atoms in total. The second-order valence-electron chi connectivity index (χ2n) is 8.67. The van der Waals surface area contributed by atoms with Gasteiger partial charge < -0.3 is 19.5 Å². The molecule has 1 aliphatic rings. The van der Waals surface area contributed by atoms with Crippen LogP contribution in [-0.2, 0) is 6.54 Å². The number of benzene rings is 3. The molecule has 1 N–H and O–H groups in total. The molecular formula is C27H24ClF2N3O3. The van der Waals surface area contributed by atoms with Crippen LogP contribution in [0.3, 0.4) is 0 Å². The largest absolute Gasteiger partial charge is 0.497 e. The second kappa shape index (κ2) is 9.78. The summed E-state index contributed by atoms with van der Waals surface area (Å²) in [6.07, 6.45) is 0.576. The van der Waals surface area contributed by atoms with Gasteiger partial charge in [-0.25, -0.2) is 8.78 Å². The van der Waals surface area contributed by atoms with Crippen LogP contribution in [0.1, 0.15) is 18.4 Å². The van der Waals surface area contributed by atoms with Crippen LogP contribution < -0.4 is 19.5 Å². The Balaban J connectivity index is 1.41. The molecule has 4 aromatic rings. The second-order valence-corrected chi connectivity index (χ2v) is 9.10. The van der Waals surface area contributed by atoms with E-state index in [-0.39, 0.29) is 12.8 Å². The average molecular weight is 512 g/mol. The van der Waals surface area contributed by atoms with Gasteiger partial charge in [0.2, 0.25) is 0 Å². The van der Waals surface area contributed by atoms with Gasteiger partial charge in [0, 0.05) is 47.0 Å². The summed E-state index contributed by atoms with van der Waals surface area (Å²) < 4.78 is 43.2. The third kappa shape index (κ3) is 4.99. The fraction of sp³-hybridized carbons (Fsp3) is 0.259. The summed E-state index contributed by atoms with van der Waals surface area (Å²) in [5.41, 5.74) is 3.95. The highest BCUT2D eigenvalue weighted by atomic mass is 35.5. The molecule has 0 aliphatic heterocycles. The number of alkyl halides is 2. The van der Waals surface area contributed by atoms with Crippen LogP contribution in [0.25, 0.3) is 22.0 Å². The summed E-state index contributed by atoms with van der Waals surface area (Å²) in [4.78, 5) is 0. The van der Waals surface area contributed by atoms with E-state index < -0.39 is 12.0 Å². The molecule has 1 aromatic heterocycles. The van der Waals surface area contributed by atoms with Crippen molar-refractivity contribution >= 4 is 28.2 Å². The van der Waals surface area contributed by atoms with Crippen LogP contribution >= 0.6 is 11.6 Å². The zero-order valence-electron chi connectivity index (χ0n) is 19.7. The van der Waals surface area contributed by atoms with Gasteiger partial charge in [-0.15, -0.1) is 0 Å². The van der Waals surface area contributed by atoms with Crippen molar-refractivity contribution in [1.82, 2.24) is 10.2 Å². The van der Waals surface area contributed by atoms with E-state index in [1.807, 2.05) is 36.4 Å². The van der Waals surface area contributed by atoms with Crippen molar-refractivity contribution in [2.24, 2.45) is 0 Å². The molecule has 36 heavy (non-hydrogen) atoms. The first kappa shape index (κ1) is 24.1. The molecule has 3 aromatic carbocycles. The van der Waals surface area contributed by atoms with Gasteiger partial charge in [-0.3, -0.25) is 0 Å². The van der Waals surface area contributed by atoms with E-state index in [0.717, 1.165) is 28.0 Å². The molecule has 0 bridgehead atoms. The lowest BCUT2D eigenvalue weighted by molar-refractivity contribution is -0.134. The molecule has 0 radical (unpaired) electrons. The number of nitrogens with one attached hydrogen (secondary N) is 1. The van der Waals surface area contributed by atoms with Crippen LogP contribution in [0.5, 0.6) is 17.2 Å². The number of aromatic nitrogens is 2. The van der Waals surface area contributed by atoms with E-state index in [2.05, 4.69) is 15.5 Å². The maximum absolute atomic E-state index is 13.3. The first-order chi connectivity index (χ1) is 17.3. The number of anilines is 1. The Kier molecular flexibility index (Phi) is 6.53. The molecule has 5 rings (SSSR count). The summed E-state index contributed by atoms with van der Waals surface area (Å²) >= 11 is 6.25. The zero-order valence-corrected chi connectivity index (χ0v) is 20.5. The Morgan fingerprint density at radius 2 is 1.83 bits per heavy atom. The molecule has 1 aliphatic carbocycles. The smallest absolute Gasteiger partial charge is 0.255 e. The highest BCUT2D eigenvalue weighted by Crippen LogP contribution is 2.42. The highest BCUT2D eigenvalue weighted by molar-refractivity contribution is 6.31. The fourth-order valence-electron chi connectivity index (χ4n) is 4.26. The highest BCUT2D eigenvalue weighted by Gasteiger charge is 2.47. The van der Waals surface area contributed by atoms with E-state index in [1.54, 1.807) is 38.6 Å². The molecule has 0 saturated heterocycles. The van der Waals surface area contributed by atoms with Crippen LogP contribution in [0, 0.1) is 0 Å². The Labute approximate surface area is 212 Å². The lowest BCUT2D eigenvalue weighted by Crippen LogP contribution is -2.43. The maximum atomic E-state index is 13.3. The standard InChI is InChI=1S/C27H24ClF2N3O3/c1-34-19-6-3-17(26(11-19)35-2)14-31-24-15-32-33-23-9-16(4-7-21(23)24)22-10-18(28)5-8-25(22)36-20-12-27(29,30)13-20/h3-11,15,20H,12-14H2,1-2H3,(H,31,33). The third-order valence-corrected chi connectivity index (χ3v) is 6.44. The van der Waals surface area contributed by atoms with Gasteiger partial charge in [-0.2, -0.15) is 10.2 Å². The minimum Gasteiger partial charge on any atom is -0.497 e. The topological polar surface area (TPSA) is 65.5 Å². The number of nitrogens with zero attached hydrogens (tertiary/aromatic N) is 2. The summed E-state index contributed by atoms with van der Waals surface area (Å²) in [6.45, 7) is 0.508. The number of ether oxygens (including phenoxy) is 3. The molecule has 0 amide bonds. The minimum atomic E-state index is -2.66. The third-order valence-electron chi connectivity index (χ3n) is 6.20. The number of hydrogen-bond donors (Lipinski definition) is 1. The molecule has 0 unspecified atom stereocenters. The Morgan fingerprint density at radius 1 is 1.00 bits per heavy atom. The van der Waals surface area contributed by atoms with E-state index in [9.17, 15) is 8.78 Å². The van der Waals surface area contributed by atoms with Gasteiger partial charge in [-0.1, -0.05) is 17.7 Å². The summed E-state index contributed by atoms with van der Waals surface area (Å²) in [5, 5.41) is 13.3. The van der Waals surface area contributed by atoms with Gasteiger partial charge in [0.05, 0.1) is 31.6 Å². The molecule has 9 heteroatoms. The predicted octanol–water partition coefficient (Wildman–Crippen LogP) is 6.76. The Bertz CT molecular complexity index is 1410. The van der Waals surface area contributed by atoms with Crippen molar-refractivity contribution < 1.29 is 23.0 Å². The lowest BCUT2D eigenvalue weighted by atomic mass is 9.90. The molecule has 1 fully saturated rings. The normalized spacial score (nSPS) is 14.8. The molecule has 1 heterocycles. The minimum absolute atomic E-state index is 0.285. The average Bonchev–Trinajstić information content (AvgIpc) is 2.86. The number of fused-ring (bicyclic) bond motifs is 1. The number of methoxy groups -OCH3 is 2. The molecule has 186 valence electrons. The van der Waals surface area contributed by atoms with Crippen molar-refractivity contribution in [3.05, 3.63) is 71.4 Å². The van der Waals surface area contributed by atoms with E-state index in [4.69, 9.17) is 25.8 Å². The van der Waals surface area contributed by atoms with Crippen LogP contribution in [0.2, 0.25) is 5.02 Å². The molecule has 0 spiro atoms. The van der Waals surface area contributed by atoms with Gasteiger partial charge in [0.15, 0.2) is 0 Å². The predicted molar refractivity (Wildman–Crippen MR) is 135 cm³/mol. The van der Waals surface area contributed by atoms with Crippen molar-refractivity contribution in [2.75, 3.05) is 19.5 Å². The number of halogens is 3. The van der Waals surface area contributed by atoms with Gasteiger partial charge >= 0.3 is 0 Å². The summed E-state index contributed by atoms with van der Waals surface area (Å²) in [6, 6.07) is 16.6. The first-order valence-corrected chi connectivity index (χ1v) is 11.8. The Morgan fingerprint density at radius 3 is 2.58 bits per heavy atom. The van der Waals surface area contributed by atoms with E-state index in [1.165, 1.54) is 0 Å². The molecular weight excluding hydrogens is 488 g/mol. The van der Waals surface area contributed by atoms with Crippen molar-refractivity contribution in [3.8, 4) is 28.4 Å². The Hall–Kier alpha value is -3.65. The summed E-state index contributed by atoms with van der Waals surface area (Å²) in [7, 11) is 3.23. The van der Waals surface area contributed by atoms with Crippen molar-refractivity contribution in [3.63, 3.8) is 0 Å². The molecule has 0 atom stereocenters.